The van der Waals surface area contributed by atoms with Crippen LogP contribution in [0.3, 0.4) is 0 Å². The quantitative estimate of drug-likeness (QED) is 0.483. The first-order valence-electron chi connectivity index (χ1n) is 7.16. The monoisotopic (exact) mass is 316 g/mol. The highest BCUT2D eigenvalue weighted by Gasteiger charge is 2.18. The van der Waals surface area contributed by atoms with Crippen LogP contribution in [0.4, 0.5) is 0 Å². The Morgan fingerprint density at radius 1 is 1.11 bits per heavy atom. The first-order chi connectivity index (χ1) is 8.86. The fourth-order valence-corrected chi connectivity index (χ4v) is 2.69. The molecule has 0 radical (unpaired) electrons. The number of morpholine rings is 1. The van der Waals surface area contributed by atoms with Crippen LogP contribution in [0.15, 0.2) is 0 Å². The zero-order valence-electron chi connectivity index (χ0n) is 11.2. The van der Waals surface area contributed by atoms with Gasteiger partial charge in [-0.15, -0.1) is 0 Å². The van der Waals surface area contributed by atoms with E-state index < -0.39 is 0 Å². The van der Waals surface area contributed by atoms with E-state index in [0.717, 1.165) is 25.0 Å². The smallest absolute Gasteiger partial charge is 0.156 e. The largest absolute Gasteiger partial charge is 0.361 e. The third kappa shape index (κ3) is 7.35. The van der Waals surface area contributed by atoms with E-state index >= 15 is 0 Å². The average Bonchev–Trinajstić information content (AvgIpc) is 2.42. The summed E-state index contributed by atoms with van der Waals surface area (Å²) in [6, 6.07) is 2.20. The summed E-state index contributed by atoms with van der Waals surface area (Å²) in [5.74, 6) is 0. The highest BCUT2D eigenvalue weighted by molar-refractivity contribution is 9.09. The molecule has 0 spiro atoms. The first-order valence-corrected chi connectivity index (χ1v) is 8.28. The molecule has 4 heteroatoms. The molecule has 1 fully saturated rings. The van der Waals surface area contributed by atoms with E-state index in [1.807, 2.05) is 0 Å². The van der Waals surface area contributed by atoms with Gasteiger partial charge in [0.2, 0.25) is 0 Å². The van der Waals surface area contributed by atoms with Crippen molar-refractivity contribution >= 4 is 15.9 Å². The molecule has 0 aromatic heterocycles. The van der Waals surface area contributed by atoms with E-state index in [0.29, 0.717) is 6.61 Å². The van der Waals surface area contributed by atoms with Gasteiger partial charge < -0.3 is 4.74 Å². The Morgan fingerprint density at radius 2 is 1.78 bits per heavy atom. The van der Waals surface area contributed by atoms with Gasteiger partial charge in [-0.2, -0.15) is 5.26 Å². The second-order valence-corrected chi connectivity index (χ2v) is 5.75. The fraction of sp³-hybridized carbons (Fsp3) is 0.929. The summed E-state index contributed by atoms with van der Waals surface area (Å²) in [7, 11) is 0. The van der Waals surface area contributed by atoms with E-state index in [2.05, 4.69) is 26.9 Å². The predicted octanol–water partition coefficient (Wildman–Crippen LogP) is 3.34. The topological polar surface area (TPSA) is 36.3 Å². The van der Waals surface area contributed by atoms with Crippen LogP contribution < -0.4 is 0 Å². The summed E-state index contributed by atoms with van der Waals surface area (Å²) in [4.78, 5) is 2.36. The van der Waals surface area contributed by atoms with Crippen molar-refractivity contribution in [2.24, 2.45) is 0 Å². The van der Waals surface area contributed by atoms with Gasteiger partial charge in [0, 0.05) is 18.4 Å². The van der Waals surface area contributed by atoms with Crippen molar-refractivity contribution in [2.75, 3.05) is 31.6 Å². The number of unbranched alkanes of at least 4 members (excludes halogenated alkanes) is 6. The van der Waals surface area contributed by atoms with Crippen molar-refractivity contribution in [1.82, 2.24) is 4.90 Å². The Hall–Kier alpha value is -0.110. The summed E-state index contributed by atoms with van der Waals surface area (Å²) in [5.41, 5.74) is 0. The number of hydrogen-bond donors (Lipinski definition) is 0. The maximum Gasteiger partial charge on any atom is 0.156 e. The molecular weight excluding hydrogens is 292 g/mol. The fourth-order valence-electron chi connectivity index (χ4n) is 2.30. The van der Waals surface area contributed by atoms with Gasteiger partial charge in [-0.1, -0.05) is 48.0 Å². The number of ether oxygens (including phenoxy) is 1. The minimum Gasteiger partial charge on any atom is -0.361 e. The molecule has 0 aromatic rings. The molecule has 1 aliphatic heterocycles. The Morgan fingerprint density at radius 3 is 2.44 bits per heavy atom. The van der Waals surface area contributed by atoms with Crippen LogP contribution >= 0.6 is 15.9 Å². The molecule has 104 valence electrons. The van der Waals surface area contributed by atoms with Crippen molar-refractivity contribution in [1.29, 1.82) is 5.26 Å². The van der Waals surface area contributed by atoms with Gasteiger partial charge in [-0.05, 0) is 19.4 Å². The van der Waals surface area contributed by atoms with E-state index in [9.17, 15) is 0 Å². The van der Waals surface area contributed by atoms with Gasteiger partial charge in [0.15, 0.2) is 6.10 Å². The summed E-state index contributed by atoms with van der Waals surface area (Å²) in [6.45, 7) is 3.62. The normalized spacial score (nSPS) is 20.8. The van der Waals surface area contributed by atoms with Crippen molar-refractivity contribution in [2.45, 2.75) is 51.0 Å². The van der Waals surface area contributed by atoms with Crippen molar-refractivity contribution in [3.8, 4) is 6.07 Å². The average molecular weight is 317 g/mol. The van der Waals surface area contributed by atoms with Gasteiger partial charge >= 0.3 is 0 Å². The summed E-state index contributed by atoms with van der Waals surface area (Å²) < 4.78 is 5.33. The van der Waals surface area contributed by atoms with Gasteiger partial charge in [0.25, 0.3) is 0 Å². The third-order valence-electron chi connectivity index (χ3n) is 3.40. The number of nitriles is 1. The molecule has 1 unspecified atom stereocenters. The molecule has 0 saturated carbocycles. The van der Waals surface area contributed by atoms with Crippen LogP contribution in [-0.2, 0) is 4.74 Å². The second-order valence-electron chi connectivity index (χ2n) is 4.95. The minimum absolute atomic E-state index is 0.206. The number of halogens is 1. The molecular formula is C14H25BrN2O. The zero-order chi connectivity index (χ0) is 13.1. The lowest BCUT2D eigenvalue weighted by atomic mass is 10.1. The Bertz CT molecular complexity index is 242. The van der Waals surface area contributed by atoms with Crippen LogP contribution in [0.25, 0.3) is 0 Å². The number of nitrogens with zero attached hydrogens (tertiary/aromatic N) is 2. The van der Waals surface area contributed by atoms with Crippen molar-refractivity contribution in [3.63, 3.8) is 0 Å². The highest BCUT2D eigenvalue weighted by Crippen LogP contribution is 2.10. The molecule has 1 rings (SSSR count). The molecule has 18 heavy (non-hydrogen) atoms. The SMILES string of the molecule is N#CC1CN(CCCCCCCCCBr)CCO1. The van der Waals surface area contributed by atoms with E-state index in [1.54, 1.807) is 0 Å². The van der Waals surface area contributed by atoms with Crippen LogP contribution in [0.5, 0.6) is 0 Å². The lowest BCUT2D eigenvalue weighted by Crippen LogP contribution is -2.42. The molecule has 0 bridgehead atoms. The molecule has 3 nitrogen and oxygen atoms in total. The lowest BCUT2D eigenvalue weighted by Gasteiger charge is -2.29. The summed E-state index contributed by atoms with van der Waals surface area (Å²) >= 11 is 3.46. The van der Waals surface area contributed by atoms with Crippen LogP contribution in [-0.4, -0.2) is 42.6 Å². The first kappa shape index (κ1) is 15.9. The number of alkyl halides is 1. The highest BCUT2D eigenvalue weighted by atomic mass is 79.9. The van der Waals surface area contributed by atoms with E-state index in [-0.39, 0.29) is 6.10 Å². The van der Waals surface area contributed by atoms with E-state index in [4.69, 9.17) is 10.00 Å². The van der Waals surface area contributed by atoms with E-state index in [1.165, 1.54) is 44.9 Å². The van der Waals surface area contributed by atoms with Crippen LogP contribution in [0.1, 0.15) is 44.9 Å². The van der Waals surface area contributed by atoms with Crippen LogP contribution in [0, 0.1) is 11.3 Å². The molecule has 0 N–H and O–H groups in total. The summed E-state index contributed by atoms with van der Waals surface area (Å²) in [5, 5.41) is 9.96. The van der Waals surface area contributed by atoms with Gasteiger partial charge in [0.05, 0.1) is 12.7 Å². The number of rotatable bonds is 9. The Kier molecular flexibility index (Phi) is 9.55. The van der Waals surface area contributed by atoms with Gasteiger partial charge in [-0.3, -0.25) is 4.90 Å². The van der Waals surface area contributed by atoms with Crippen molar-refractivity contribution in [3.05, 3.63) is 0 Å². The lowest BCUT2D eigenvalue weighted by molar-refractivity contribution is 0.0000341. The van der Waals surface area contributed by atoms with Crippen LogP contribution in [0.2, 0.25) is 0 Å². The molecule has 0 aliphatic carbocycles. The molecule has 1 heterocycles. The maximum absolute atomic E-state index is 8.82. The predicted molar refractivity (Wildman–Crippen MR) is 77.9 cm³/mol. The number of hydrogen-bond acceptors (Lipinski definition) is 3. The van der Waals surface area contributed by atoms with Gasteiger partial charge in [-0.25, -0.2) is 0 Å². The van der Waals surface area contributed by atoms with Gasteiger partial charge in [0.1, 0.15) is 0 Å². The minimum atomic E-state index is -0.206. The Labute approximate surface area is 120 Å². The molecule has 0 aromatic carbocycles. The summed E-state index contributed by atoms with van der Waals surface area (Å²) in [6.07, 6.45) is 9.15. The molecule has 1 aliphatic rings. The Balaban J connectivity index is 1.90. The van der Waals surface area contributed by atoms with Crippen molar-refractivity contribution < 1.29 is 4.74 Å². The second kappa shape index (κ2) is 10.8. The zero-order valence-corrected chi connectivity index (χ0v) is 12.8. The molecule has 0 amide bonds. The molecule has 1 atom stereocenters. The molecule has 1 saturated heterocycles. The third-order valence-corrected chi connectivity index (χ3v) is 3.96. The maximum atomic E-state index is 8.82. The standard InChI is InChI=1S/C14H25BrN2O/c15-8-6-4-2-1-3-5-7-9-17-10-11-18-14(12-16)13-17/h14H,1-11,13H2.